The van der Waals surface area contributed by atoms with Gasteiger partial charge in [-0.25, -0.2) is 8.42 Å². The number of benzene rings is 1. The normalized spacial score (nSPS) is 11.3. The van der Waals surface area contributed by atoms with E-state index >= 15 is 0 Å². The Morgan fingerprint density at radius 1 is 1.30 bits per heavy atom. The fraction of sp³-hybridized carbons (Fsp3) is 0.100. The molecule has 106 valence electrons. The van der Waals surface area contributed by atoms with E-state index < -0.39 is 15.7 Å². The fourth-order valence-corrected chi connectivity index (χ4v) is 2.84. The molecule has 1 aromatic carbocycles. The fourth-order valence-electron chi connectivity index (χ4n) is 1.30. The minimum atomic E-state index is -3.39. The smallest absolute Gasteiger partial charge is 0.286 e. The summed E-state index contributed by atoms with van der Waals surface area (Å²) in [6, 6.07) is 4.02. The van der Waals surface area contributed by atoms with Crippen LogP contribution >= 0.6 is 34.5 Å². The van der Waals surface area contributed by atoms with Crippen molar-refractivity contribution in [3.8, 4) is 0 Å². The van der Waals surface area contributed by atoms with E-state index in [1.165, 1.54) is 18.2 Å². The van der Waals surface area contributed by atoms with Crippen molar-refractivity contribution in [2.45, 2.75) is 4.90 Å². The summed E-state index contributed by atoms with van der Waals surface area (Å²) in [7, 11) is -3.39. The zero-order valence-corrected chi connectivity index (χ0v) is 13.1. The van der Waals surface area contributed by atoms with Crippen molar-refractivity contribution in [3.63, 3.8) is 0 Å². The largest absolute Gasteiger partial charge is 0.318 e. The first-order valence-electron chi connectivity index (χ1n) is 5.07. The minimum absolute atomic E-state index is 0.0486. The third kappa shape index (κ3) is 3.45. The Morgan fingerprint density at radius 3 is 2.55 bits per heavy atom. The third-order valence-corrected chi connectivity index (χ3v) is 4.67. The Morgan fingerprint density at radius 2 is 2.00 bits per heavy atom. The molecule has 0 aliphatic carbocycles. The van der Waals surface area contributed by atoms with Crippen LogP contribution in [-0.2, 0) is 9.84 Å². The summed E-state index contributed by atoms with van der Waals surface area (Å²) in [5.74, 6) is -0.568. The lowest BCUT2D eigenvalue weighted by atomic mass is 10.3. The number of amides is 1. The van der Waals surface area contributed by atoms with E-state index in [0.717, 1.165) is 17.6 Å². The van der Waals surface area contributed by atoms with Gasteiger partial charge in [0, 0.05) is 6.26 Å². The predicted molar refractivity (Wildman–Crippen MR) is 77.4 cm³/mol. The second-order valence-corrected chi connectivity index (χ2v) is 7.71. The quantitative estimate of drug-likeness (QED) is 0.917. The highest BCUT2D eigenvalue weighted by Gasteiger charge is 2.16. The van der Waals surface area contributed by atoms with Gasteiger partial charge in [-0.1, -0.05) is 22.9 Å². The molecule has 1 aromatic heterocycles. The molecule has 0 saturated carbocycles. The van der Waals surface area contributed by atoms with E-state index in [1.54, 1.807) is 0 Å². The van der Waals surface area contributed by atoms with Gasteiger partial charge in [-0.3, -0.25) is 4.79 Å². The molecule has 0 atom stereocenters. The summed E-state index contributed by atoms with van der Waals surface area (Å²) < 4.78 is 23.1. The van der Waals surface area contributed by atoms with Crippen LogP contribution in [0.3, 0.4) is 0 Å². The second-order valence-electron chi connectivity index (χ2n) is 3.73. The number of halogens is 2. The van der Waals surface area contributed by atoms with Gasteiger partial charge in [0.1, 0.15) is 0 Å². The molecule has 0 bridgehead atoms. The highest BCUT2D eigenvalue weighted by atomic mass is 35.5. The lowest BCUT2D eigenvalue weighted by molar-refractivity contribution is 0.102. The molecule has 0 aliphatic rings. The van der Waals surface area contributed by atoms with Gasteiger partial charge in [-0.15, -0.1) is 10.2 Å². The number of hydrogen-bond donors (Lipinski definition) is 1. The number of carbonyl (C=O) groups excluding carboxylic acids is 1. The van der Waals surface area contributed by atoms with Crippen molar-refractivity contribution in [2.24, 2.45) is 0 Å². The molecular weight excluding hydrogens is 345 g/mol. The maximum Gasteiger partial charge on any atom is 0.286 e. The molecule has 20 heavy (non-hydrogen) atoms. The monoisotopic (exact) mass is 351 g/mol. The van der Waals surface area contributed by atoms with E-state index in [2.05, 4.69) is 15.5 Å². The van der Waals surface area contributed by atoms with Crippen LogP contribution < -0.4 is 5.32 Å². The van der Waals surface area contributed by atoms with Gasteiger partial charge in [0.15, 0.2) is 9.84 Å². The van der Waals surface area contributed by atoms with Crippen molar-refractivity contribution >= 4 is 56.0 Å². The lowest BCUT2D eigenvalue weighted by Crippen LogP contribution is -2.12. The van der Waals surface area contributed by atoms with Crippen LogP contribution in [0.1, 0.15) is 9.80 Å². The van der Waals surface area contributed by atoms with E-state index in [0.29, 0.717) is 0 Å². The van der Waals surface area contributed by atoms with Gasteiger partial charge in [0.05, 0.1) is 15.6 Å². The first-order valence-corrected chi connectivity index (χ1v) is 8.54. The van der Waals surface area contributed by atoms with Crippen molar-refractivity contribution < 1.29 is 13.2 Å². The molecule has 0 spiro atoms. The molecule has 2 aromatic rings. The summed E-state index contributed by atoms with van der Waals surface area (Å²) in [6.07, 6.45) is 1.06. The van der Waals surface area contributed by atoms with Gasteiger partial charge in [-0.2, -0.15) is 0 Å². The zero-order valence-electron chi connectivity index (χ0n) is 9.92. The maximum atomic E-state index is 11.9. The van der Waals surface area contributed by atoms with Crippen LogP contribution in [0.2, 0.25) is 9.49 Å². The number of hydrogen-bond acceptors (Lipinski definition) is 6. The van der Waals surface area contributed by atoms with Crippen molar-refractivity contribution in [1.29, 1.82) is 0 Å². The Hall–Kier alpha value is -1.22. The Balaban J connectivity index is 2.31. The van der Waals surface area contributed by atoms with Crippen LogP contribution in [0.5, 0.6) is 0 Å². The van der Waals surface area contributed by atoms with Gasteiger partial charge in [0.25, 0.3) is 5.91 Å². The number of carbonyl (C=O) groups is 1. The van der Waals surface area contributed by atoms with Gasteiger partial charge < -0.3 is 5.32 Å². The van der Waals surface area contributed by atoms with Crippen LogP contribution in [-0.4, -0.2) is 30.8 Å². The van der Waals surface area contributed by atoms with Crippen molar-refractivity contribution in [2.75, 3.05) is 11.6 Å². The first kappa shape index (κ1) is 15.2. The first-order chi connectivity index (χ1) is 9.27. The third-order valence-electron chi connectivity index (χ3n) is 2.21. The standard InChI is InChI=1S/C10H7Cl2N3O3S2/c1-20(17,18)5-2-3-6(11)7(4-5)13-8(16)9-14-15-10(12)19-9/h2-4H,1H3,(H,13,16). The number of rotatable bonds is 3. The molecule has 0 radical (unpaired) electrons. The van der Waals surface area contributed by atoms with Crippen LogP contribution in [0.4, 0.5) is 5.69 Å². The van der Waals surface area contributed by atoms with E-state index in [1.807, 2.05) is 0 Å². The highest BCUT2D eigenvalue weighted by Crippen LogP contribution is 2.26. The molecule has 0 saturated heterocycles. The average Bonchev–Trinajstić information content (AvgIpc) is 2.77. The topological polar surface area (TPSA) is 89.0 Å². The van der Waals surface area contributed by atoms with E-state index in [-0.39, 0.29) is 25.1 Å². The van der Waals surface area contributed by atoms with E-state index in [4.69, 9.17) is 23.2 Å². The molecular formula is C10H7Cl2N3O3S2. The molecule has 10 heteroatoms. The summed E-state index contributed by atoms with van der Waals surface area (Å²) in [5.41, 5.74) is 0.172. The summed E-state index contributed by atoms with van der Waals surface area (Å²) in [4.78, 5) is 11.9. The van der Waals surface area contributed by atoms with Gasteiger partial charge in [0.2, 0.25) is 9.47 Å². The van der Waals surface area contributed by atoms with Gasteiger partial charge >= 0.3 is 0 Å². The molecule has 1 heterocycles. The Bertz CT molecular complexity index is 774. The Kier molecular flexibility index (Phi) is 4.28. The lowest BCUT2D eigenvalue weighted by Gasteiger charge is -2.07. The predicted octanol–water partition coefficient (Wildman–Crippen LogP) is 2.50. The second kappa shape index (κ2) is 5.65. The number of aromatic nitrogens is 2. The number of nitrogens with zero attached hydrogens (tertiary/aromatic N) is 2. The molecule has 2 rings (SSSR count). The molecule has 0 unspecified atom stereocenters. The summed E-state index contributed by atoms with van der Waals surface area (Å²) in [5, 5.41) is 9.81. The zero-order chi connectivity index (χ0) is 14.9. The number of sulfone groups is 1. The molecule has 6 nitrogen and oxygen atoms in total. The van der Waals surface area contributed by atoms with E-state index in [9.17, 15) is 13.2 Å². The highest BCUT2D eigenvalue weighted by molar-refractivity contribution is 7.90. The van der Waals surface area contributed by atoms with Crippen molar-refractivity contribution in [3.05, 3.63) is 32.7 Å². The van der Waals surface area contributed by atoms with Crippen LogP contribution in [0.25, 0.3) is 0 Å². The number of anilines is 1. The molecule has 0 fully saturated rings. The molecule has 0 aliphatic heterocycles. The van der Waals surface area contributed by atoms with Crippen LogP contribution in [0, 0.1) is 0 Å². The van der Waals surface area contributed by atoms with Crippen LogP contribution in [0.15, 0.2) is 23.1 Å². The Labute approximate surface area is 128 Å². The molecule has 1 amide bonds. The summed E-state index contributed by atoms with van der Waals surface area (Å²) in [6.45, 7) is 0. The SMILES string of the molecule is CS(=O)(=O)c1ccc(Cl)c(NC(=O)c2nnc(Cl)s2)c1. The minimum Gasteiger partial charge on any atom is -0.318 e. The average molecular weight is 352 g/mol. The molecule has 1 N–H and O–H groups in total. The summed E-state index contributed by atoms with van der Waals surface area (Å²) >= 11 is 12.4. The van der Waals surface area contributed by atoms with Gasteiger partial charge in [-0.05, 0) is 29.8 Å². The number of nitrogens with one attached hydrogen (secondary N) is 1. The van der Waals surface area contributed by atoms with Crippen molar-refractivity contribution in [1.82, 2.24) is 10.2 Å². The maximum absolute atomic E-state index is 11.9.